The van der Waals surface area contributed by atoms with Gasteiger partial charge in [0.15, 0.2) is 0 Å². The number of nitrogens with two attached hydrogens (primary N) is 1. The van der Waals surface area contributed by atoms with Crippen molar-refractivity contribution in [2.24, 2.45) is 17.6 Å². The van der Waals surface area contributed by atoms with Crippen molar-refractivity contribution in [2.75, 3.05) is 13.1 Å². The highest BCUT2D eigenvalue weighted by atomic mass is 35.5. The van der Waals surface area contributed by atoms with Crippen LogP contribution in [0.1, 0.15) is 18.4 Å². The van der Waals surface area contributed by atoms with Gasteiger partial charge in [-0.15, -0.1) is 12.4 Å². The first-order valence-corrected chi connectivity index (χ1v) is 8.22. The lowest BCUT2D eigenvalue weighted by molar-refractivity contribution is -0.129. The van der Waals surface area contributed by atoms with Crippen LogP contribution in [0.25, 0.3) is 10.8 Å². The van der Waals surface area contributed by atoms with Crippen LogP contribution in [0.15, 0.2) is 42.5 Å². The van der Waals surface area contributed by atoms with Crippen LogP contribution in [0.2, 0.25) is 0 Å². The topological polar surface area (TPSA) is 46.3 Å². The summed E-state index contributed by atoms with van der Waals surface area (Å²) in [4.78, 5) is 14.7. The van der Waals surface area contributed by atoms with E-state index in [1.165, 1.54) is 17.2 Å². The average molecular weight is 331 g/mol. The number of halogens is 1. The summed E-state index contributed by atoms with van der Waals surface area (Å²) in [7, 11) is 0. The summed E-state index contributed by atoms with van der Waals surface area (Å²) in [5.74, 6) is 1.40. The van der Waals surface area contributed by atoms with Crippen LogP contribution in [0.5, 0.6) is 0 Å². The Morgan fingerprint density at radius 1 is 1.09 bits per heavy atom. The van der Waals surface area contributed by atoms with E-state index in [-0.39, 0.29) is 18.3 Å². The summed E-state index contributed by atoms with van der Waals surface area (Å²) >= 11 is 0. The van der Waals surface area contributed by atoms with Crippen LogP contribution in [0, 0.1) is 11.8 Å². The normalized spacial score (nSPS) is 26.1. The molecule has 2 aromatic rings. The van der Waals surface area contributed by atoms with Gasteiger partial charge < -0.3 is 10.6 Å². The number of carbonyl (C=O) groups excluding carboxylic acids is 1. The number of fused-ring (bicyclic) bond motifs is 2. The Hall–Kier alpha value is -1.58. The van der Waals surface area contributed by atoms with Crippen molar-refractivity contribution in [2.45, 2.75) is 25.3 Å². The second-order valence-corrected chi connectivity index (χ2v) is 6.78. The number of benzene rings is 2. The second-order valence-electron chi connectivity index (χ2n) is 6.78. The number of nitrogens with zero attached hydrogens (tertiary/aromatic N) is 1. The molecule has 2 fully saturated rings. The molecule has 4 rings (SSSR count). The molecule has 4 heteroatoms. The van der Waals surface area contributed by atoms with Crippen LogP contribution in [0.4, 0.5) is 0 Å². The summed E-state index contributed by atoms with van der Waals surface area (Å²) in [5.41, 5.74) is 7.30. The predicted octanol–water partition coefficient (Wildman–Crippen LogP) is 3.00. The molecule has 1 saturated heterocycles. The van der Waals surface area contributed by atoms with Gasteiger partial charge in [0, 0.05) is 19.1 Å². The zero-order valence-electron chi connectivity index (χ0n) is 13.2. The molecular formula is C19H23ClN2O. The minimum atomic E-state index is 0. The van der Waals surface area contributed by atoms with Crippen molar-refractivity contribution in [3.63, 3.8) is 0 Å². The molecule has 0 radical (unpaired) electrons. The summed E-state index contributed by atoms with van der Waals surface area (Å²) in [6, 6.07) is 14.8. The summed E-state index contributed by atoms with van der Waals surface area (Å²) in [5, 5.41) is 2.39. The molecule has 2 aromatic carbocycles. The quantitative estimate of drug-likeness (QED) is 0.920. The van der Waals surface area contributed by atoms with E-state index in [9.17, 15) is 4.79 Å². The smallest absolute Gasteiger partial charge is 0.227 e. The van der Waals surface area contributed by atoms with E-state index in [1.807, 2.05) is 23.1 Å². The zero-order valence-corrected chi connectivity index (χ0v) is 14.0. The van der Waals surface area contributed by atoms with Crippen molar-refractivity contribution in [3.05, 3.63) is 48.0 Å². The Bertz CT molecular complexity index is 712. The van der Waals surface area contributed by atoms with Crippen molar-refractivity contribution in [1.82, 2.24) is 4.90 Å². The van der Waals surface area contributed by atoms with Gasteiger partial charge in [-0.25, -0.2) is 0 Å². The fourth-order valence-corrected chi connectivity index (χ4v) is 4.23. The molecule has 0 aromatic heterocycles. The standard InChI is InChI=1S/C19H22N2O.ClH/c20-18-9-8-15-11-21(12-17(15)18)19(22)10-14-6-3-5-13-4-1-2-7-16(13)14;/h1-7,15,17-18H,8-12,20H2;1H. The number of likely N-dealkylation sites (tertiary alicyclic amines) is 1. The third-order valence-electron chi connectivity index (χ3n) is 5.49. The van der Waals surface area contributed by atoms with E-state index >= 15 is 0 Å². The lowest BCUT2D eigenvalue weighted by atomic mass is 9.98. The maximum Gasteiger partial charge on any atom is 0.227 e. The van der Waals surface area contributed by atoms with E-state index in [2.05, 4.69) is 24.3 Å². The van der Waals surface area contributed by atoms with E-state index in [0.717, 1.165) is 25.1 Å². The van der Waals surface area contributed by atoms with Crippen LogP contribution in [-0.2, 0) is 11.2 Å². The second kappa shape index (κ2) is 6.50. The average Bonchev–Trinajstić information content (AvgIpc) is 3.10. The number of hydrogen-bond donors (Lipinski definition) is 1. The molecule has 0 bridgehead atoms. The van der Waals surface area contributed by atoms with Crippen LogP contribution >= 0.6 is 12.4 Å². The Kier molecular flexibility index (Phi) is 4.60. The summed E-state index contributed by atoms with van der Waals surface area (Å²) < 4.78 is 0. The monoisotopic (exact) mass is 330 g/mol. The number of hydrogen-bond acceptors (Lipinski definition) is 2. The van der Waals surface area contributed by atoms with Gasteiger partial charge in [-0.1, -0.05) is 42.5 Å². The van der Waals surface area contributed by atoms with Crippen molar-refractivity contribution >= 4 is 29.1 Å². The first kappa shape index (κ1) is 16.3. The fourth-order valence-electron chi connectivity index (χ4n) is 4.23. The van der Waals surface area contributed by atoms with Gasteiger partial charge in [0.1, 0.15) is 0 Å². The highest BCUT2D eigenvalue weighted by molar-refractivity contribution is 5.90. The molecule has 1 aliphatic heterocycles. The maximum atomic E-state index is 12.7. The minimum Gasteiger partial charge on any atom is -0.342 e. The third kappa shape index (κ3) is 2.96. The van der Waals surface area contributed by atoms with Crippen LogP contribution in [0.3, 0.4) is 0 Å². The lowest BCUT2D eigenvalue weighted by Gasteiger charge is -2.19. The molecule has 23 heavy (non-hydrogen) atoms. The number of carbonyl (C=O) groups is 1. The lowest BCUT2D eigenvalue weighted by Crippen LogP contribution is -2.34. The molecule has 1 saturated carbocycles. The number of rotatable bonds is 2. The fraction of sp³-hybridized carbons (Fsp3) is 0.421. The Morgan fingerprint density at radius 2 is 1.87 bits per heavy atom. The molecule has 122 valence electrons. The van der Waals surface area contributed by atoms with Crippen LogP contribution < -0.4 is 5.73 Å². The van der Waals surface area contributed by atoms with Crippen molar-refractivity contribution in [1.29, 1.82) is 0 Å². The summed E-state index contributed by atoms with van der Waals surface area (Å²) in [6.07, 6.45) is 2.81. The Morgan fingerprint density at radius 3 is 2.70 bits per heavy atom. The molecule has 2 aliphatic rings. The minimum absolute atomic E-state index is 0. The molecule has 2 N–H and O–H groups in total. The SMILES string of the molecule is Cl.NC1CCC2CN(C(=O)Cc3cccc4ccccc34)CC12. The zero-order chi connectivity index (χ0) is 15.1. The van der Waals surface area contributed by atoms with Gasteiger partial charge in [-0.3, -0.25) is 4.79 Å². The Balaban J connectivity index is 0.00000156. The first-order valence-electron chi connectivity index (χ1n) is 8.22. The molecule has 3 unspecified atom stereocenters. The van der Waals surface area contributed by atoms with Gasteiger partial charge in [-0.2, -0.15) is 0 Å². The highest BCUT2D eigenvalue weighted by Gasteiger charge is 2.42. The Labute approximate surface area is 143 Å². The molecule has 1 aliphatic carbocycles. The number of amides is 1. The predicted molar refractivity (Wildman–Crippen MR) is 95.7 cm³/mol. The molecular weight excluding hydrogens is 308 g/mol. The van der Waals surface area contributed by atoms with Gasteiger partial charge in [0.2, 0.25) is 5.91 Å². The highest BCUT2D eigenvalue weighted by Crippen LogP contribution is 2.37. The van der Waals surface area contributed by atoms with Gasteiger partial charge in [0.05, 0.1) is 6.42 Å². The van der Waals surface area contributed by atoms with Crippen molar-refractivity contribution < 1.29 is 4.79 Å². The molecule has 0 spiro atoms. The molecule has 1 heterocycles. The van der Waals surface area contributed by atoms with Gasteiger partial charge in [-0.05, 0) is 41.0 Å². The molecule has 3 nitrogen and oxygen atoms in total. The third-order valence-corrected chi connectivity index (χ3v) is 5.49. The molecule has 1 amide bonds. The van der Waals surface area contributed by atoms with E-state index in [4.69, 9.17) is 5.73 Å². The van der Waals surface area contributed by atoms with Crippen molar-refractivity contribution in [3.8, 4) is 0 Å². The first-order chi connectivity index (χ1) is 10.7. The summed E-state index contributed by atoms with van der Waals surface area (Å²) in [6.45, 7) is 1.76. The maximum absolute atomic E-state index is 12.7. The van der Waals surface area contributed by atoms with E-state index < -0.39 is 0 Å². The van der Waals surface area contributed by atoms with E-state index in [1.54, 1.807) is 0 Å². The molecule has 3 atom stereocenters. The van der Waals surface area contributed by atoms with Gasteiger partial charge in [0.25, 0.3) is 0 Å². The van der Waals surface area contributed by atoms with Gasteiger partial charge >= 0.3 is 0 Å². The largest absolute Gasteiger partial charge is 0.342 e. The van der Waals surface area contributed by atoms with E-state index in [0.29, 0.717) is 24.3 Å². The van der Waals surface area contributed by atoms with Crippen LogP contribution in [-0.4, -0.2) is 29.9 Å².